The van der Waals surface area contributed by atoms with Crippen molar-refractivity contribution in [2.24, 2.45) is 0 Å². The summed E-state index contributed by atoms with van der Waals surface area (Å²) < 4.78 is 0. The molecule has 0 saturated carbocycles. The Morgan fingerprint density at radius 3 is 2.42 bits per heavy atom. The van der Waals surface area contributed by atoms with Gasteiger partial charge in [-0.1, -0.05) is 79.2 Å². The van der Waals surface area contributed by atoms with Crippen molar-refractivity contribution < 1.29 is 4.79 Å². The van der Waals surface area contributed by atoms with Gasteiger partial charge in [0, 0.05) is 33.5 Å². The quantitative estimate of drug-likeness (QED) is 0.408. The van der Waals surface area contributed by atoms with Crippen LogP contribution in [0.25, 0.3) is 22.0 Å². The molecular weight excluding hydrogens is 434 g/mol. The topological polar surface area (TPSA) is 65.2 Å². The summed E-state index contributed by atoms with van der Waals surface area (Å²) in [6, 6.07) is 24.8. The van der Waals surface area contributed by atoms with Gasteiger partial charge in [0.2, 0.25) is 5.91 Å². The lowest BCUT2D eigenvalue weighted by atomic mass is 9.90. The van der Waals surface area contributed by atoms with E-state index in [1.807, 2.05) is 79.7 Å². The highest BCUT2D eigenvalue weighted by Gasteiger charge is 2.38. The first kappa shape index (κ1) is 21.4. The zero-order valence-electron chi connectivity index (χ0n) is 18.2. The highest BCUT2D eigenvalue weighted by molar-refractivity contribution is 6.31. The number of nitrogens with one attached hydrogen (secondary N) is 2. The Kier molecular flexibility index (Phi) is 5.75. The van der Waals surface area contributed by atoms with E-state index < -0.39 is 0 Å². The number of aromatic amines is 1. The van der Waals surface area contributed by atoms with Crippen molar-refractivity contribution in [3.05, 3.63) is 105 Å². The number of hydrogen-bond acceptors (Lipinski definition) is 3. The van der Waals surface area contributed by atoms with Crippen LogP contribution in [-0.4, -0.2) is 15.9 Å². The molecule has 4 aromatic rings. The van der Waals surface area contributed by atoms with Crippen LogP contribution in [-0.2, 0) is 4.79 Å². The molecule has 1 aliphatic rings. The molecule has 0 bridgehead atoms. The van der Waals surface area contributed by atoms with Crippen LogP contribution >= 0.6 is 11.6 Å². The smallest absolute Gasteiger partial charge is 0.253 e. The second kappa shape index (κ2) is 8.85. The van der Waals surface area contributed by atoms with Gasteiger partial charge in [-0.15, -0.1) is 0 Å². The first-order valence-electron chi connectivity index (χ1n) is 11.1. The number of hydrogen-bond donors (Lipinski definition) is 2. The molecule has 5 nitrogen and oxygen atoms in total. The van der Waals surface area contributed by atoms with E-state index in [2.05, 4.69) is 10.4 Å². The Hall–Kier alpha value is -3.41. The van der Waals surface area contributed by atoms with Crippen LogP contribution < -0.4 is 11.0 Å². The number of nitrogens with zero attached hydrogens (tertiary/aromatic N) is 1. The molecule has 0 spiro atoms. The largest absolute Gasteiger partial charge is 0.322 e. The number of halogens is 1. The van der Waals surface area contributed by atoms with Crippen molar-refractivity contribution in [2.45, 2.75) is 31.8 Å². The van der Waals surface area contributed by atoms with Crippen molar-refractivity contribution in [3.63, 3.8) is 0 Å². The minimum absolute atomic E-state index is 0.00660. The summed E-state index contributed by atoms with van der Waals surface area (Å²) in [6.07, 6.45) is 0.961. The van der Waals surface area contributed by atoms with E-state index >= 15 is 0 Å². The van der Waals surface area contributed by atoms with Crippen LogP contribution in [0.4, 0.5) is 0 Å². The SMILES string of the molecule is CCC(=O)N1NC(c2c(-c3ccccc3)c3cc(Cl)ccc3[nH]c2=O)CC1c1ccccc1. The lowest BCUT2D eigenvalue weighted by Crippen LogP contribution is -2.39. The van der Waals surface area contributed by atoms with Gasteiger partial charge in [0.25, 0.3) is 5.56 Å². The summed E-state index contributed by atoms with van der Waals surface area (Å²) in [4.78, 5) is 29.3. The van der Waals surface area contributed by atoms with Gasteiger partial charge >= 0.3 is 0 Å². The molecule has 1 aliphatic heterocycles. The lowest BCUT2D eigenvalue weighted by molar-refractivity contribution is -0.135. The molecule has 5 rings (SSSR count). The zero-order valence-corrected chi connectivity index (χ0v) is 19.0. The van der Waals surface area contributed by atoms with E-state index in [1.165, 1.54) is 0 Å². The molecule has 0 aliphatic carbocycles. The van der Waals surface area contributed by atoms with Gasteiger partial charge in [-0.3, -0.25) is 14.6 Å². The van der Waals surface area contributed by atoms with Crippen LogP contribution in [0.3, 0.4) is 0 Å². The first-order valence-corrected chi connectivity index (χ1v) is 11.5. The third kappa shape index (κ3) is 3.94. The van der Waals surface area contributed by atoms with Crippen molar-refractivity contribution in [2.75, 3.05) is 0 Å². The highest BCUT2D eigenvalue weighted by Crippen LogP contribution is 2.41. The van der Waals surface area contributed by atoms with Crippen LogP contribution in [0.5, 0.6) is 0 Å². The predicted octanol–water partition coefficient (Wildman–Crippen LogP) is 5.78. The Morgan fingerprint density at radius 1 is 1.03 bits per heavy atom. The Bertz CT molecular complexity index is 1370. The second-order valence-corrected chi connectivity index (χ2v) is 8.70. The monoisotopic (exact) mass is 457 g/mol. The van der Waals surface area contributed by atoms with E-state index in [-0.39, 0.29) is 23.6 Å². The molecule has 1 saturated heterocycles. The fourth-order valence-electron chi connectivity index (χ4n) is 4.73. The normalized spacial score (nSPS) is 18.1. The van der Waals surface area contributed by atoms with E-state index in [9.17, 15) is 9.59 Å². The van der Waals surface area contributed by atoms with Crippen LogP contribution in [0.1, 0.15) is 43.0 Å². The van der Waals surface area contributed by atoms with Crippen molar-refractivity contribution >= 4 is 28.4 Å². The summed E-state index contributed by atoms with van der Waals surface area (Å²) in [5, 5.41) is 3.17. The van der Waals surface area contributed by atoms with Gasteiger partial charge in [-0.05, 0) is 35.7 Å². The van der Waals surface area contributed by atoms with Crippen molar-refractivity contribution in [1.82, 2.24) is 15.4 Å². The summed E-state index contributed by atoms with van der Waals surface area (Å²) in [7, 11) is 0. The molecule has 33 heavy (non-hydrogen) atoms. The van der Waals surface area contributed by atoms with E-state index in [0.717, 1.165) is 27.6 Å². The van der Waals surface area contributed by atoms with Crippen molar-refractivity contribution in [1.29, 1.82) is 0 Å². The number of fused-ring (bicyclic) bond motifs is 1. The van der Waals surface area contributed by atoms with Gasteiger partial charge in [0.05, 0.1) is 12.1 Å². The molecule has 2 atom stereocenters. The molecule has 1 amide bonds. The fraction of sp³-hybridized carbons (Fsp3) is 0.185. The number of carbonyl (C=O) groups is 1. The maximum Gasteiger partial charge on any atom is 0.253 e. The average Bonchev–Trinajstić information content (AvgIpc) is 3.29. The van der Waals surface area contributed by atoms with Gasteiger partial charge in [-0.25, -0.2) is 5.43 Å². The molecule has 166 valence electrons. The van der Waals surface area contributed by atoms with Crippen LogP contribution in [0, 0.1) is 0 Å². The summed E-state index contributed by atoms with van der Waals surface area (Å²) in [6.45, 7) is 1.85. The lowest BCUT2D eigenvalue weighted by Gasteiger charge is -2.24. The number of pyridine rings is 1. The van der Waals surface area contributed by atoms with Gasteiger partial charge < -0.3 is 4.98 Å². The average molecular weight is 458 g/mol. The highest BCUT2D eigenvalue weighted by atomic mass is 35.5. The summed E-state index contributed by atoms with van der Waals surface area (Å²) in [5.74, 6) is -0.00660. The molecule has 3 aromatic carbocycles. The number of benzene rings is 3. The Balaban J connectivity index is 1.71. The maximum absolute atomic E-state index is 13.5. The number of rotatable bonds is 4. The van der Waals surface area contributed by atoms with E-state index in [0.29, 0.717) is 23.4 Å². The standard InChI is InChI=1S/C27H24ClN3O2/c1-2-24(32)31-23(17-9-5-3-6-10-17)16-22(30-31)26-25(18-11-7-4-8-12-18)20-15-19(28)13-14-21(20)29-27(26)33/h3-15,22-23,30H,2,16H2,1H3,(H,29,33). The minimum atomic E-state index is -0.340. The zero-order chi connectivity index (χ0) is 22.9. The van der Waals surface area contributed by atoms with E-state index in [4.69, 9.17) is 11.6 Å². The van der Waals surface area contributed by atoms with Gasteiger partial charge in [0.1, 0.15) is 0 Å². The van der Waals surface area contributed by atoms with Crippen LogP contribution in [0.15, 0.2) is 83.7 Å². The van der Waals surface area contributed by atoms with E-state index in [1.54, 1.807) is 11.1 Å². The maximum atomic E-state index is 13.5. The molecule has 0 radical (unpaired) electrons. The second-order valence-electron chi connectivity index (χ2n) is 8.26. The third-order valence-electron chi connectivity index (χ3n) is 6.25. The molecule has 2 N–H and O–H groups in total. The molecule has 2 unspecified atom stereocenters. The minimum Gasteiger partial charge on any atom is -0.322 e. The fourth-order valence-corrected chi connectivity index (χ4v) is 4.90. The van der Waals surface area contributed by atoms with Crippen molar-refractivity contribution in [3.8, 4) is 11.1 Å². The van der Waals surface area contributed by atoms with Gasteiger partial charge in [-0.2, -0.15) is 0 Å². The predicted molar refractivity (Wildman–Crippen MR) is 132 cm³/mol. The number of aromatic nitrogens is 1. The molecular formula is C27H24ClN3O2. The summed E-state index contributed by atoms with van der Waals surface area (Å²) in [5.41, 5.74) is 7.35. The Morgan fingerprint density at radius 2 is 1.73 bits per heavy atom. The molecule has 1 fully saturated rings. The third-order valence-corrected chi connectivity index (χ3v) is 6.48. The molecule has 1 aromatic heterocycles. The number of hydrazine groups is 1. The number of carbonyl (C=O) groups excluding carboxylic acids is 1. The molecule has 2 heterocycles. The Labute approximate surface area is 197 Å². The van der Waals surface area contributed by atoms with Gasteiger partial charge in [0.15, 0.2) is 0 Å². The number of amides is 1. The summed E-state index contributed by atoms with van der Waals surface area (Å²) >= 11 is 6.36. The number of H-pyrrole nitrogens is 1. The molecule has 6 heteroatoms. The van der Waals surface area contributed by atoms with Crippen LogP contribution in [0.2, 0.25) is 5.02 Å². The first-order chi connectivity index (χ1) is 16.1.